The van der Waals surface area contributed by atoms with Crippen molar-refractivity contribution in [1.82, 2.24) is 4.90 Å². The van der Waals surface area contributed by atoms with E-state index in [1.807, 2.05) is 19.1 Å². The Hall–Kier alpha value is -3.45. The number of ether oxygens (including phenoxy) is 1. The third-order valence-electron chi connectivity index (χ3n) is 5.37. The van der Waals surface area contributed by atoms with E-state index in [0.29, 0.717) is 41.1 Å². The van der Waals surface area contributed by atoms with E-state index in [4.69, 9.17) is 16.3 Å². The van der Waals surface area contributed by atoms with Gasteiger partial charge < -0.3 is 15.0 Å². The second-order valence-corrected chi connectivity index (χ2v) is 8.17. The lowest BCUT2D eigenvalue weighted by atomic mass is 10.1. The molecule has 1 heterocycles. The number of fused-ring (bicyclic) bond motifs is 1. The number of hydrogen-bond acceptors (Lipinski definition) is 3. The molecule has 3 aromatic carbocycles. The minimum absolute atomic E-state index is 0.136. The summed E-state index contributed by atoms with van der Waals surface area (Å²) in [6.07, 6.45) is -0.134. The van der Waals surface area contributed by atoms with Gasteiger partial charge in [0.1, 0.15) is 17.4 Å². The van der Waals surface area contributed by atoms with Gasteiger partial charge in [-0.1, -0.05) is 30.7 Å². The predicted octanol–water partition coefficient (Wildman–Crippen LogP) is 5.57. The van der Waals surface area contributed by atoms with Crippen LogP contribution in [0, 0.1) is 11.6 Å². The second-order valence-electron chi connectivity index (χ2n) is 7.74. The summed E-state index contributed by atoms with van der Waals surface area (Å²) in [7, 11) is 0. The van der Waals surface area contributed by atoms with Crippen LogP contribution in [0.1, 0.15) is 34.8 Å². The molecule has 1 unspecified atom stereocenters. The molecule has 0 aliphatic carbocycles. The average Bonchev–Trinajstić information content (AvgIpc) is 2.91. The van der Waals surface area contributed by atoms with Crippen LogP contribution in [0.5, 0.6) is 5.75 Å². The zero-order chi connectivity index (χ0) is 23.5. The Morgan fingerprint density at radius 2 is 1.88 bits per heavy atom. The molecule has 0 bridgehead atoms. The van der Waals surface area contributed by atoms with Gasteiger partial charge in [-0.2, -0.15) is 0 Å². The quantitative estimate of drug-likeness (QED) is 0.530. The maximum atomic E-state index is 14.0. The molecule has 0 saturated heterocycles. The van der Waals surface area contributed by atoms with Crippen molar-refractivity contribution in [1.29, 1.82) is 0 Å². The summed E-state index contributed by atoms with van der Waals surface area (Å²) in [6, 6.07) is 15.0. The highest BCUT2D eigenvalue weighted by Gasteiger charge is 2.30. The lowest BCUT2D eigenvalue weighted by Crippen LogP contribution is -2.38. The van der Waals surface area contributed by atoms with Gasteiger partial charge in [0.05, 0.1) is 5.56 Å². The van der Waals surface area contributed by atoms with E-state index in [0.717, 1.165) is 17.7 Å². The number of carbonyl (C=O) groups excluding carboxylic acids is 2. The van der Waals surface area contributed by atoms with Crippen molar-refractivity contribution in [2.24, 2.45) is 0 Å². The van der Waals surface area contributed by atoms with Gasteiger partial charge in [-0.05, 0) is 54.4 Å². The number of anilines is 1. The monoisotopic (exact) mass is 470 g/mol. The first-order chi connectivity index (χ1) is 15.8. The number of hydrogen-bond donors (Lipinski definition) is 1. The van der Waals surface area contributed by atoms with Crippen LogP contribution in [0.2, 0.25) is 5.02 Å². The molecule has 2 amide bonds. The van der Waals surface area contributed by atoms with E-state index in [-0.39, 0.29) is 18.0 Å². The number of rotatable bonds is 5. The Morgan fingerprint density at radius 3 is 2.58 bits per heavy atom. The van der Waals surface area contributed by atoms with Crippen LogP contribution in [-0.4, -0.2) is 22.8 Å². The normalized spacial score (nSPS) is 15.5. The Kier molecular flexibility index (Phi) is 6.60. The number of amides is 2. The van der Waals surface area contributed by atoms with Crippen LogP contribution in [0.25, 0.3) is 0 Å². The smallest absolute Gasteiger partial charge is 0.264 e. The van der Waals surface area contributed by atoms with Crippen molar-refractivity contribution in [2.75, 3.05) is 5.32 Å². The molecule has 4 rings (SSSR count). The first-order valence-corrected chi connectivity index (χ1v) is 10.8. The molecular formula is C25H21ClF2N2O3. The van der Waals surface area contributed by atoms with Gasteiger partial charge in [0.25, 0.3) is 11.8 Å². The highest BCUT2D eigenvalue weighted by atomic mass is 35.5. The SMILES string of the molecule is CCC1Oc2ccc(NC(=O)c3ccc(F)cc3F)cc2CN(Cc2ccc(Cl)cc2)C1=O. The summed E-state index contributed by atoms with van der Waals surface area (Å²) < 4.78 is 33.1. The third-order valence-corrected chi connectivity index (χ3v) is 5.62. The van der Waals surface area contributed by atoms with E-state index in [2.05, 4.69) is 5.32 Å². The number of benzene rings is 3. The summed E-state index contributed by atoms with van der Waals surface area (Å²) in [5, 5.41) is 3.23. The summed E-state index contributed by atoms with van der Waals surface area (Å²) in [5.41, 5.74) is 1.75. The van der Waals surface area contributed by atoms with Gasteiger partial charge in [0.15, 0.2) is 6.10 Å². The van der Waals surface area contributed by atoms with Gasteiger partial charge in [-0.15, -0.1) is 0 Å². The van der Waals surface area contributed by atoms with Crippen molar-refractivity contribution in [3.63, 3.8) is 0 Å². The Balaban J connectivity index is 1.59. The van der Waals surface area contributed by atoms with Crippen LogP contribution < -0.4 is 10.1 Å². The molecule has 5 nitrogen and oxygen atoms in total. The fourth-order valence-corrected chi connectivity index (χ4v) is 3.79. The zero-order valence-electron chi connectivity index (χ0n) is 17.8. The minimum Gasteiger partial charge on any atom is -0.480 e. The first kappa shape index (κ1) is 22.7. The molecule has 1 N–H and O–H groups in total. The molecule has 1 aliphatic rings. The van der Waals surface area contributed by atoms with Crippen LogP contribution >= 0.6 is 11.6 Å². The van der Waals surface area contributed by atoms with Gasteiger partial charge in [0.2, 0.25) is 0 Å². The van der Waals surface area contributed by atoms with Gasteiger partial charge in [-0.3, -0.25) is 9.59 Å². The largest absolute Gasteiger partial charge is 0.480 e. The van der Waals surface area contributed by atoms with Gasteiger partial charge in [0, 0.05) is 35.4 Å². The standard InChI is InChI=1S/C25H21ClF2N2O3/c1-2-22-25(32)30(13-15-3-5-17(26)6-4-15)14-16-11-19(8-10-23(16)33-22)29-24(31)20-9-7-18(27)12-21(20)28/h3-12,22H,2,13-14H2,1H3,(H,29,31). The Bertz CT molecular complexity index is 1200. The minimum atomic E-state index is -0.948. The Morgan fingerprint density at radius 1 is 1.12 bits per heavy atom. The molecule has 1 atom stereocenters. The van der Waals surface area contributed by atoms with Crippen LogP contribution in [0.3, 0.4) is 0 Å². The van der Waals surface area contributed by atoms with Crippen molar-refractivity contribution >= 4 is 29.1 Å². The van der Waals surface area contributed by atoms with Crippen molar-refractivity contribution in [3.05, 3.63) is 94.0 Å². The van der Waals surface area contributed by atoms with Crippen LogP contribution in [0.15, 0.2) is 60.7 Å². The van der Waals surface area contributed by atoms with Crippen molar-refractivity contribution < 1.29 is 23.1 Å². The molecule has 33 heavy (non-hydrogen) atoms. The Labute approximate surface area is 194 Å². The molecule has 0 spiro atoms. The predicted molar refractivity (Wildman–Crippen MR) is 121 cm³/mol. The summed E-state index contributed by atoms with van der Waals surface area (Å²) in [5.74, 6) is -2.01. The van der Waals surface area contributed by atoms with Crippen molar-refractivity contribution in [2.45, 2.75) is 32.5 Å². The summed E-state index contributed by atoms with van der Waals surface area (Å²) in [4.78, 5) is 27.2. The lowest BCUT2D eigenvalue weighted by molar-refractivity contribution is -0.139. The van der Waals surface area contributed by atoms with E-state index in [1.165, 1.54) is 0 Å². The number of nitrogens with one attached hydrogen (secondary N) is 1. The van der Waals surface area contributed by atoms with Crippen LogP contribution in [-0.2, 0) is 17.9 Å². The maximum absolute atomic E-state index is 14.0. The number of nitrogens with zero attached hydrogens (tertiary/aromatic N) is 1. The molecule has 0 fully saturated rings. The lowest BCUT2D eigenvalue weighted by Gasteiger charge is -2.23. The average molecular weight is 471 g/mol. The summed E-state index contributed by atoms with van der Waals surface area (Å²) >= 11 is 5.97. The van der Waals surface area contributed by atoms with Crippen LogP contribution in [0.4, 0.5) is 14.5 Å². The summed E-state index contributed by atoms with van der Waals surface area (Å²) in [6.45, 7) is 2.51. The second kappa shape index (κ2) is 9.58. The van der Waals surface area contributed by atoms with Crippen molar-refractivity contribution in [3.8, 4) is 5.75 Å². The third kappa shape index (κ3) is 5.14. The highest BCUT2D eigenvalue weighted by molar-refractivity contribution is 6.30. The van der Waals surface area contributed by atoms with E-state index < -0.39 is 23.6 Å². The zero-order valence-corrected chi connectivity index (χ0v) is 18.5. The molecule has 1 aliphatic heterocycles. The topological polar surface area (TPSA) is 58.6 Å². The highest BCUT2D eigenvalue weighted by Crippen LogP contribution is 2.30. The van der Waals surface area contributed by atoms with Gasteiger partial charge >= 0.3 is 0 Å². The van der Waals surface area contributed by atoms with Gasteiger partial charge in [-0.25, -0.2) is 8.78 Å². The molecule has 0 radical (unpaired) electrons. The van der Waals surface area contributed by atoms with E-state index in [9.17, 15) is 18.4 Å². The molecule has 8 heteroatoms. The fourth-order valence-electron chi connectivity index (χ4n) is 3.66. The molecule has 0 aromatic heterocycles. The first-order valence-electron chi connectivity index (χ1n) is 10.4. The van der Waals surface area contributed by atoms with E-state index in [1.54, 1.807) is 35.2 Å². The fraction of sp³-hybridized carbons (Fsp3) is 0.200. The molecule has 170 valence electrons. The molecule has 0 saturated carbocycles. The molecule has 3 aromatic rings. The molecular weight excluding hydrogens is 450 g/mol. The number of carbonyl (C=O) groups is 2. The number of halogens is 3. The maximum Gasteiger partial charge on any atom is 0.264 e. The van der Waals surface area contributed by atoms with E-state index >= 15 is 0 Å².